The molecule has 0 bridgehead atoms. The molecule has 0 aromatic heterocycles. The maximum atomic E-state index is 12.5. The molecule has 0 radical (unpaired) electrons. The highest BCUT2D eigenvalue weighted by atomic mass is 35.5. The van der Waals surface area contributed by atoms with Gasteiger partial charge in [-0.3, -0.25) is 0 Å². The zero-order valence-electron chi connectivity index (χ0n) is 13.2. The highest BCUT2D eigenvalue weighted by molar-refractivity contribution is 7.87. The number of halogens is 1. The van der Waals surface area contributed by atoms with Gasteiger partial charge in [-0.1, -0.05) is 36.9 Å². The highest BCUT2D eigenvalue weighted by Gasteiger charge is 2.29. The van der Waals surface area contributed by atoms with Gasteiger partial charge in [-0.25, -0.2) is 0 Å². The van der Waals surface area contributed by atoms with Gasteiger partial charge in [0.1, 0.15) is 0 Å². The number of benzene rings is 1. The van der Waals surface area contributed by atoms with E-state index in [1.165, 1.54) is 6.42 Å². The molecule has 5 nitrogen and oxygen atoms in total. The summed E-state index contributed by atoms with van der Waals surface area (Å²) in [6, 6.07) is 7.81. The second-order valence-electron chi connectivity index (χ2n) is 6.32. The number of hydrogen-bond acceptors (Lipinski definition) is 3. The largest absolute Gasteiger partial charge is 0.369 e. The van der Waals surface area contributed by atoms with Crippen LogP contribution >= 0.6 is 11.6 Å². The van der Waals surface area contributed by atoms with Crippen LogP contribution in [0.4, 0.5) is 5.69 Å². The van der Waals surface area contributed by atoms with Gasteiger partial charge in [0.05, 0.1) is 0 Å². The Balaban J connectivity index is 1.57. The van der Waals surface area contributed by atoms with E-state index in [-0.39, 0.29) is 6.04 Å². The van der Waals surface area contributed by atoms with Crippen LogP contribution in [0, 0.1) is 0 Å². The molecular formula is C16H24ClN3O2S. The lowest BCUT2D eigenvalue weighted by Gasteiger charge is -2.36. The van der Waals surface area contributed by atoms with Gasteiger partial charge in [0.25, 0.3) is 10.2 Å². The maximum absolute atomic E-state index is 12.5. The van der Waals surface area contributed by atoms with E-state index in [1.807, 2.05) is 24.3 Å². The summed E-state index contributed by atoms with van der Waals surface area (Å²) < 4.78 is 29.5. The molecule has 1 heterocycles. The molecule has 23 heavy (non-hydrogen) atoms. The molecule has 0 unspecified atom stereocenters. The van der Waals surface area contributed by atoms with Crippen LogP contribution in [0.3, 0.4) is 0 Å². The molecule has 1 N–H and O–H groups in total. The molecule has 1 aliphatic carbocycles. The number of hydrogen-bond donors (Lipinski definition) is 1. The zero-order chi connectivity index (χ0) is 16.3. The van der Waals surface area contributed by atoms with Crippen molar-refractivity contribution in [1.82, 2.24) is 9.03 Å². The normalized spacial score (nSPS) is 21.5. The Morgan fingerprint density at radius 1 is 1.04 bits per heavy atom. The Hall–Kier alpha value is -0.820. The molecular weight excluding hydrogens is 334 g/mol. The van der Waals surface area contributed by atoms with Crippen molar-refractivity contribution in [3.05, 3.63) is 29.3 Å². The second kappa shape index (κ2) is 7.38. The quantitative estimate of drug-likeness (QED) is 0.901. The fourth-order valence-corrected chi connectivity index (χ4v) is 5.00. The van der Waals surface area contributed by atoms with Crippen molar-refractivity contribution in [1.29, 1.82) is 0 Å². The SMILES string of the molecule is O=S(=O)(NC1CCCCC1)N1CCN(c2cccc(Cl)c2)CC1. The van der Waals surface area contributed by atoms with E-state index in [2.05, 4.69) is 9.62 Å². The van der Waals surface area contributed by atoms with Crippen molar-refractivity contribution in [2.45, 2.75) is 38.1 Å². The standard InChI is InChI=1S/C16H24ClN3O2S/c17-14-5-4-8-16(13-14)19-9-11-20(12-10-19)23(21,22)18-15-6-2-1-3-7-15/h4-5,8,13,15,18H,1-3,6-7,9-12H2. The van der Waals surface area contributed by atoms with Gasteiger partial charge in [0.2, 0.25) is 0 Å². The van der Waals surface area contributed by atoms with Crippen LogP contribution in [-0.4, -0.2) is 44.9 Å². The molecule has 0 amide bonds. The van der Waals surface area contributed by atoms with Crippen LogP contribution in [0.1, 0.15) is 32.1 Å². The molecule has 3 rings (SSSR count). The minimum Gasteiger partial charge on any atom is -0.369 e. The average Bonchev–Trinajstić information content (AvgIpc) is 2.55. The molecule has 0 atom stereocenters. The molecule has 1 saturated carbocycles. The summed E-state index contributed by atoms with van der Waals surface area (Å²) in [5.74, 6) is 0. The Morgan fingerprint density at radius 3 is 2.39 bits per heavy atom. The van der Waals surface area contributed by atoms with Gasteiger partial charge in [-0.2, -0.15) is 17.4 Å². The van der Waals surface area contributed by atoms with Crippen LogP contribution < -0.4 is 9.62 Å². The summed E-state index contributed by atoms with van der Waals surface area (Å²) in [7, 11) is -3.37. The molecule has 2 aliphatic rings. The van der Waals surface area contributed by atoms with Crippen LogP contribution in [-0.2, 0) is 10.2 Å². The molecule has 0 spiro atoms. The van der Waals surface area contributed by atoms with E-state index in [4.69, 9.17) is 11.6 Å². The third kappa shape index (κ3) is 4.38. The Morgan fingerprint density at radius 2 is 1.74 bits per heavy atom. The van der Waals surface area contributed by atoms with Gasteiger partial charge in [0, 0.05) is 42.9 Å². The van der Waals surface area contributed by atoms with E-state index in [1.54, 1.807) is 4.31 Å². The minimum absolute atomic E-state index is 0.111. The van der Waals surface area contributed by atoms with Gasteiger partial charge in [-0.15, -0.1) is 0 Å². The third-order valence-electron chi connectivity index (χ3n) is 4.67. The first kappa shape index (κ1) is 17.0. The van der Waals surface area contributed by atoms with Crippen molar-refractivity contribution in [3.8, 4) is 0 Å². The zero-order valence-corrected chi connectivity index (χ0v) is 14.8. The third-order valence-corrected chi connectivity index (χ3v) is 6.58. The summed E-state index contributed by atoms with van der Waals surface area (Å²) in [4.78, 5) is 2.18. The Labute approximate surface area is 143 Å². The predicted octanol–water partition coefficient (Wildman–Crippen LogP) is 2.63. The lowest BCUT2D eigenvalue weighted by molar-refractivity contribution is 0.357. The van der Waals surface area contributed by atoms with E-state index < -0.39 is 10.2 Å². The van der Waals surface area contributed by atoms with Crippen molar-refractivity contribution < 1.29 is 8.42 Å². The summed E-state index contributed by atoms with van der Waals surface area (Å²) in [6.07, 6.45) is 5.38. The first-order chi connectivity index (χ1) is 11.0. The maximum Gasteiger partial charge on any atom is 0.279 e. The van der Waals surface area contributed by atoms with Crippen LogP contribution in [0.2, 0.25) is 5.02 Å². The first-order valence-electron chi connectivity index (χ1n) is 8.32. The van der Waals surface area contributed by atoms with E-state index in [0.29, 0.717) is 31.2 Å². The molecule has 1 aromatic carbocycles. The van der Waals surface area contributed by atoms with Crippen LogP contribution in [0.5, 0.6) is 0 Å². The smallest absolute Gasteiger partial charge is 0.279 e. The summed E-state index contributed by atoms with van der Waals surface area (Å²) in [6.45, 7) is 2.39. The number of nitrogens with zero attached hydrogens (tertiary/aromatic N) is 2. The number of anilines is 1. The summed E-state index contributed by atoms with van der Waals surface area (Å²) in [5.41, 5.74) is 1.05. The van der Waals surface area contributed by atoms with E-state index >= 15 is 0 Å². The predicted molar refractivity (Wildman–Crippen MR) is 94.2 cm³/mol. The monoisotopic (exact) mass is 357 g/mol. The molecule has 7 heteroatoms. The average molecular weight is 358 g/mol. The van der Waals surface area contributed by atoms with Crippen molar-refractivity contribution in [2.24, 2.45) is 0 Å². The summed E-state index contributed by atoms with van der Waals surface area (Å²) >= 11 is 6.03. The molecule has 1 aliphatic heterocycles. The first-order valence-corrected chi connectivity index (χ1v) is 10.1. The fourth-order valence-electron chi connectivity index (χ4n) is 3.37. The van der Waals surface area contributed by atoms with Gasteiger partial charge in [0.15, 0.2) is 0 Å². The Kier molecular flexibility index (Phi) is 5.46. The molecule has 2 fully saturated rings. The van der Waals surface area contributed by atoms with Crippen molar-refractivity contribution >= 4 is 27.5 Å². The fraction of sp³-hybridized carbons (Fsp3) is 0.625. The van der Waals surface area contributed by atoms with Crippen molar-refractivity contribution in [2.75, 3.05) is 31.1 Å². The van der Waals surface area contributed by atoms with Crippen LogP contribution in [0.25, 0.3) is 0 Å². The Bertz CT molecular complexity index is 624. The van der Waals surface area contributed by atoms with Gasteiger partial charge in [-0.05, 0) is 31.0 Å². The molecule has 1 saturated heterocycles. The number of rotatable bonds is 4. The number of nitrogens with one attached hydrogen (secondary N) is 1. The summed E-state index contributed by atoms with van der Waals surface area (Å²) in [5, 5.41) is 0.705. The molecule has 1 aromatic rings. The second-order valence-corrected chi connectivity index (χ2v) is 8.46. The van der Waals surface area contributed by atoms with E-state index in [0.717, 1.165) is 31.4 Å². The highest BCUT2D eigenvalue weighted by Crippen LogP contribution is 2.22. The van der Waals surface area contributed by atoms with Gasteiger partial charge < -0.3 is 4.90 Å². The topological polar surface area (TPSA) is 52.7 Å². The van der Waals surface area contributed by atoms with Crippen LogP contribution in [0.15, 0.2) is 24.3 Å². The van der Waals surface area contributed by atoms with Crippen molar-refractivity contribution in [3.63, 3.8) is 0 Å². The van der Waals surface area contributed by atoms with E-state index in [9.17, 15) is 8.42 Å². The molecule has 128 valence electrons. The van der Waals surface area contributed by atoms with Gasteiger partial charge >= 0.3 is 0 Å². The number of piperazine rings is 1. The lowest BCUT2D eigenvalue weighted by atomic mass is 9.96. The minimum atomic E-state index is -3.37. The lowest BCUT2D eigenvalue weighted by Crippen LogP contribution is -2.53.